The monoisotopic (exact) mass is 354 g/mol. The van der Waals surface area contributed by atoms with Crippen molar-refractivity contribution in [1.82, 2.24) is 0 Å². The van der Waals surface area contributed by atoms with Crippen LogP contribution in [-0.2, 0) is 5.41 Å². The Morgan fingerprint density at radius 2 is 1.07 bits per heavy atom. The van der Waals surface area contributed by atoms with Gasteiger partial charge in [-0.05, 0) is 69.5 Å². The third-order valence-corrected chi connectivity index (χ3v) is 6.73. The van der Waals surface area contributed by atoms with Crippen molar-refractivity contribution in [2.75, 3.05) is 0 Å². The Balaban J connectivity index is 1.86. The first-order valence-electron chi connectivity index (χ1n) is 9.84. The fourth-order valence-corrected chi connectivity index (χ4v) is 5.42. The molecular weight excluding hydrogens is 335 g/mol. The molecule has 0 saturated carbocycles. The van der Waals surface area contributed by atoms with Crippen LogP contribution in [0.25, 0.3) is 22.3 Å². The summed E-state index contributed by atoms with van der Waals surface area (Å²) in [5, 5.41) is 0. The maximum Gasteiger partial charge on any atom is 0.113 e. The Morgan fingerprint density at radius 3 is 1.75 bits per heavy atom. The van der Waals surface area contributed by atoms with E-state index >= 15 is 0 Å². The van der Waals surface area contributed by atoms with Gasteiger partial charge in [0.15, 0.2) is 0 Å². The summed E-state index contributed by atoms with van der Waals surface area (Å²) in [6.07, 6.45) is 0. The molecule has 0 saturated heterocycles. The van der Waals surface area contributed by atoms with E-state index in [2.05, 4.69) is 86.6 Å². The van der Waals surface area contributed by atoms with Gasteiger partial charge in [0, 0.05) is 0 Å². The average Bonchev–Trinajstić information content (AvgIpc) is 3.15. The maximum absolute atomic E-state index is 6.21. The molecule has 6 rings (SSSR count). The molecule has 0 nitrogen and oxygen atoms in total. The summed E-state index contributed by atoms with van der Waals surface area (Å²) in [7, 11) is 6.21. The molecule has 4 aromatic carbocycles. The first-order chi connectivity index (χ1) is 13.6. The van der Waals surface area contributed by atoms with Crippen LogP contribution in [0.4, 0.5) is 0 Å². The van der Waals surface area contributed by atoms with Crippen molar-refractivity contribution in [3.63, 3.8) is 0 Å². The minimum Gasteiger partial charge on any atom is -0.0960 e. The molecule has 2 aliphatic carbocycles. The minimum absolute atomic E-state index is 0.260. The Hall–Kier alpha value is -3.06. The van der Waals surface area contributed by atoms with Crippen LogP contribution in [0.2, 0.25) is 0 Å². The van der Waals surface area contributed by atoms with E-state index in [1.54, 1.807) is 0 Å². The third-order valence-electron chi connectivity index (χ3n) is 6.73. The number of hydrogen-bond donors (Lipinski definition) is 0. The molecule has 4 aromatic rings. The molecule has 0 bridgehead atoms. The molecule has 2 radical (unpaired) electrons. The zero-order valence-electron chi connectivity index (χ0n) is 16.1. The molecule has 130 valence electrons. The molecule has 0 aliphatic heterocycles. The lowest BCUT2D eigenvalue weighted by Gasteiger charge is -2.30. The van der Waals surface area contributed by atoms with Crippen molar-refractivity contribution in [3.8, 4) is 22.3 Å². The van der Waals surface area contributed by atoms with E-state index in [0.29, 0.717) is 0 Å². The highest BCUT2D eigenvalue weighted by Crippen LogP contribution is 2.62. The molecule has 1 spiro atoms. The van der Waals surface area contributed by atoms with Gasteiger partial charge in [0.05, 0.1) is 5.41 Å². The van der Waals surface area contributed by atoms with Gasteiger partial charge >= 0.3 is 0 Å². The van der Waals surface area contributed by atoms with Gasteiger partial charge in [-0.15, -0.1) is 0 Å². The quantitative estimate of drug-likeness (QED) is 0.319. The fourth-order valence-electron chi connectivity index (χ4n) is 5.42. The van der Waals surface area contributed by atoms with Crippen LogP contribution >= 0.6 is 0 Å². The lowest BCUT2D eigenvalue weighted by molar-refractivity contribution is 0.792. The summed E-state index contributed by atoms with van der Waals surface area (Å²) >= 11 is 0. The van der Waals surface area contributed by atoms with Gasteiger partial charge in [-0.1, -0.05) is 84.3 Å². The standard InChI is InChI=1S/C27H19B/c1-16-13-21-19-7-3-5-9-23(19)27(26(21)14-17(16)2)24-10-6-4-8-20(24)22-15-18(28)11-12-25(22)27/h3-15H,1-2H3. The highest BCUT2D eigenvalue weighted by atomic mass is 14.5. The molecule has 2 aliphatic rings. The van der Waals surface area contributed by atoms with Crippen molar-refractivity contribution in [2.24, 2.45) is 0 Å². The summed E-state index contributed by atoms with van der Waals surface area (Å²) in [6.45, 7) is 4.43. The first-order valence-corrected chi connectivity index (χ1v) is 9.84. The maximum atomic E-state index is 6.21. The second-order valence-corrected chi connectivity index (χ2v) is 8.13. The Bertz CT molecular complexity index is 1280. The Labute approximate surface area is 167 Å². The van der Waals surface area contributed by atoms with Crippen molar-refractivity contribution in [2.45, 2.75) is 19.3 Å². The number of rotatable bonds is 0. The SMILES string of the molecule is [B]c1ccc2c(c1)-c1ccccc1C21c2ccccc2-c2cc(C)c(C)cc21. The average molecular weight is 354 g/mol. The Morgan fingerprint density at radius 1 is 0.536 bits per heavy atom. The van der Waals surface area contributed by atoms with Gasteiger partial charge in [0.25, 0.3) is 0 Å². The van der Waals surface area contributed by atoms with Gasteiger partial charge < -0.3 is 0 Å². The topological polar surface area (TPSA) is 0 Å². The summed E-state index contributed by atoms with van der Waals surface area (Å²) < 4.78 is 0. The first kappa shape index (κ1) is 16.0. The molecule has 28 heavy (non-hydrogen) atoms. The second kappa shape index (κ2) is 5.26. The molecular formula is C27H19B. The van der Waals surface area contributed by atoms with Crippen LogP contribution < -0.4 is 5.46 Å². The van der Waals surface area contributed by atoms with Gasteiger partial charge in [0.1, 0.15) is 7.85 Å². The van der Waals surface area contributed by atoms with Crippen LogP contribution in [0.1, 0.15) is 33.4 Å². The van der Waals surface area contributed by atoms with Crippen molar-refractivity contribution in [3.05, 3.63) is 112 Å². The molecule has 1 unspecified atom stereocenters. The van der Waals surface area contributed by atoms with Crippen molar-refractivity contribution in [1.29, 1.82) is 0 Å². The van der Waals surface area contributed by atoms with Gasteiger partial charge in [-0.3, -0.25) is 0 Å². The van der Waals surface area contributed by atoms with Crippen LogP contribution in [0.15, 0.2) is 78.9 Å². The summed E-state index contributed by atoms with van der Waals surface area (Å²) in [5.74, 6) is 0. The largest absolute Gasteiger partial charge is 0.113 e. The van der Waals surface area contributed by atoms with Gasteiger partial charge in [-0.2, -0.15) is 0 Å². The predicted octanol–water partition coefficient (Wildman–Crippen LogP) is 5.44. The van der Waals surface area contributed by atoms with Crippen LogP contribution in [-0.4, -0.2) is 7.85 Å². The van der Waals surface area contributed by atoms with Crippen LogP contribution in [0, 0.1) is 13.8 Å². The van der Waals surface area contributed by atoms with Crippen LogP contribution in [0.5, 0.6) is 0 Å². The predicted molar refractivity (Wildman–Crippen MR) is 118 cm³/mol. The molecule has 0 aromatic heterocycles. The van der Waals surface area contributed by atoms with Crippen molar-refractivity contribution < 1.29 is 0 Å². The Kier molecular flexibility index (Phi) is 3.00. The minimum atomic E-state index is -0.260. The molecule has 1 heteroatoms. The number of aryl methyl sites for hydroxylation is 2. The molecule has 0 N–H and O–H groups in total. The zero-order chi connectivity index (χ0) is 19.0. The van der Waals surface area contributed by atoms with Gasteiger partial charge in [-0.25, -0.2) is 0 Å². The number of hydrogen-bond acceptors (Lipinski definition) is 0. The zero-order valence-corrected chi connectivity index (χ0v) is 16.1. The lowest BCUT2D eigenvalue weighted by atomic mass is 9.70. The van der Waals surface area contributed by atoms with Crippen LogP contribution in [0.3, 0.4) is 0 Å². The summed E-state index contributed by atoms with van der Waals surface area (Å²) in [6, 6.07) is 29.0. The third kappa shape index (κ3) is 1.73. The van der Waals surface area contributed by atoms with Crippen molar-refractivity contribution >= 4 is 13.3 Å². The van der Waals surface area contributed by atoms with E-state index in [0.717, 1.165) is 5.46 Å². The fraction of sp³-hybridized carbons (Fsp3) is 0.111. The van der Waals surface area contributed by atoms with E-state index in [4.69, 9.17) is 7.85 Å². The molecule has 0 amide bonds. The van der Waals surface area contributed by atoms with E-state index < -0.39 is 0 Å². The van der Waals surface area contributed by atoms with E-state index in [-0.39, 0.29) is 5.41 Å². The highest BCUT2D eigenvalue weighted by Gasteiger charge is 2.51. The smallest absolute Gasteiger partial charge is 0.0960 e. The molecule has 0 fully saturated rings. The van der Waals surface area contributed by atoms with E-state index in [9.17, 15) is 0 Å². The lowest BCUT2D eigenvalue weighted by Crippen LogP contribution is -2.26. The number of benzene rings is 4. The van der Waals surface area contributed by atoms with E-state index in [1.807, 2.05) is 6.07 Å². The summed E-state index contributed by atoms with van der Waals surface area (Å²) in [4.78, 5) is 0. The second-order valence-electron chi connectivity index (χ2n) is 8.13. The van der Waals surface area contributed by atoms with E-state index in [1.165, 1.54) is 55.6 Å². The highest BCUT2D eigenvalue weighted by molar-refractivity contribution is 6.32. The summed E-state index contributed by atoms with van der Waals surface area (Å²) in [5.41, 5.74) is 14.0. The van der Waals surface area contributed by atoms with Gasteiger partial charge in [0.2, 0.25) is 0 Å². The molecule has 0 heterocycles. The normalized spacial score (nSPS) is 17.9. The number of fused-ring (bicyclic) bond motifs is 10. The molecule has 1 atom stereocenters.